The van der Waals surface area contributed by atoms with E-state index in [1.807, 2.05) is 20.8 Å². The van der Waals surface area contributed by atoms with E-state index in [2.05, 4.69) is 0 Å². The summed E-state index contributed by atoms with van der Waals surface area (Å²) >= 11 is 0. The smallest absolute Gasteiger partial charge is 0.387 e. The van der Waals surface area contributed by atoms with Crippen molar-refractivity contribution in [1.29, 1.82) is 5.41 Å². The van der Waals surface area contributed by atoms with Gasteiger partial charge in [-0.15, -0.1) is 0 Å². The molecule has 0 saturated carbocycles. The molecule has 3 N–H and O–H groups in total. The lowest BCUT2D eigenvalue weighted by molar-refractivity contribution is -0.160. The standard InChI is InChI=1S/C11H22F3N3/c1-7(2)5-8(3)17(4)6-9(10(15)16)11(12,13)14/h7-9H,5-6H2,1-4H3,(H3,15,16). The second-order valence-corrected chi connectivity index (χ2v) is 4.97. The number of hydrogen-bond donors (Lipinski definition) is 2. The summed E-state index contributed by atoms with van der Waals surface area (Å²) in [6, 6.07) is 0.0409. The third-order valence-electron chi connectivity index (χ3n) is 2.81. The molecule has 0 spiro atoms. The molecule has 0 aromatic heterocycles. The molecule has 0 heterocycles. The van der Waals surface area contributed by atoms with Gasteiger partial charge in [-0.2, -0.15) is 13.2 Å². The van der Waals surface area contributed by atoms with E-state index >= 15 is 0 Å². The van der Waals surface area contributed by atoms with Gasteiger partial charge in [0, 0.05) is 12.6 Å². The predicted molar refractivity (Wildman–Crippen MR) is 63.0 cm³/mol. The summed E-state index contributed by atoms with van der Waals surface area (Å²) in [5.41, 5.74) is 5.01. The van der Waals surface area contributed by atoms with Crippen LogP contribution in [0.3, 0.4) is 0 Å². The molecule has 3 nitrogen and oxygen atoms in total. The highest BCUT2D eigenvalue weighted by molar-refractivity contribution is 5.80. The monoisotopic (exact) mass is 253 g/mol. The van der Waals surface area contributed by atoms with Crippen molar-refractivity contribution in [2.24, 2.45) is 17.6 Å². The van der Waals surface area contributed by atoms with Gasteiger partial charge >= 0.3 is 6.18 Å². The molecule has 0 aromatic rings. The summed E-state index contributed by atoms with van der Waals surface area (Å²) in [6.45, 7) is 5.67. The van der Waals surface area contributed by atoms with E-state index in [1.54, 1.807) is 11.9 Å². The first-order chi connectivity index (χ1) is 7.55. The minimum Gasteiger partial charge on any atom is -0.387 e. The molecular formula is C11H22F3N3. The maximum absolute atomic E-state index is 12.6. The van der Waals surface area contributed by atoms with Crippen molar-refractivity contribution in [1.82, 2.24) is 4.90 Å². The van der Waals surface area contributed by atoms with Crippen LogP contribution in [0.15, 0.2) is 0 Å². The molecule has 6 heteroatoms. The van der Waals surface area contributed by atoms with Gasteiger partial charge in [-0.05, 0) is 26.3 Å². The molecule has 0 rings (SSSR count). The Balaban J connectivity index is 4.51. The fourth-order valence-electron chi connectivity index (χ4n) is 1.71. The van der Waals surface area contributed by atoms with Crippen molar-refractivity contribution in [3.8, 4) is 0 Å². The lowest BCUT2D eigenvalue weighted by Gasteiger charge is -2.30. The SMILES string of the molecule is CC(C)CC(C)N(C)CC(C(=N)N)C(F)(F)F. The Morgan fingerprint density at radius 2 is 1.76 bits per heavy atom. The zero-order valence-corrected chi connectivity index (χ0v) is 10.8. The second kappa shape index (κ2) is 6.23. The highest BCUT2D eigenvalue weighted by Crippen LogP contribution is 2.27. The summed E-state index contributed by atoms with van der Waals surface area (Å²) < 4.78 is 37.8. The number of rotatable bonds is 6. The van der Waals surface area contributed by atoms with Crippen LogP contribution < -0.4 is 5.73 Å². The van der Waals surface area contributed by atoms with Gasteiger partial charge in [-0.1, -0.05) is 13.8 Å². The molecule has 0 amide bonds. The summed E-state index contributed by atoms with van der Waals surface area (Å²) in [4.78, 5) is 1.61. The zero-order valence-electron chi connectivity index (χ0n) is 10.8. The average molecular weight is 253 g/mol. The van der Waals surface area contributed by atoms with Gasteiger partial charge in [0.1, 0.15) is 11.8 Å². The molecule has 102 valence electrons. The molecule has 0 aliphatic heterocycles. The van der Waals surface area contributed by atoms with Crippen LogP contribution >= 0.6 is 0 Å². The van der Waals surface area contributed by atoms with Crippen molar-refractivity contribution in [2.75, 3.05) is 13.6 Å². The summed E-state index contributed by atoms with van der Waals surface area (Å²) in [5, 5.41) is 7.01. The molecule has 0 radical (unpaired) electrons. The molecule has 0 saturated heterocycles. The molecule has 0 aliphatic rings. The minimum atomic E-state index is -4.45. The molecular weight excluding hydrogens is 231 g/mol. The fraction of sp³-hybridized carbons (Fsp3) is 0.909. The molecule has 0 aromatic carbocycles. The van der Waals surface area contributed by atoms with Crippen molar-refractivity contribution < 1.29 is 13.2 Å². The van der Waals surface area contributed by atoms with E-state index < -0.39 is 17.9 Å². The topological polar surface area (TPSA) is 53.1 Å². The fourth-order valence-corrected chi connectivity index (χ4v) is 1.71. The van der Waals surface area contributed by atoms with Crippen molar-refractivity contribution >= 4 is 5.84 Å². The Labute approximate surface area is 101 Å². The third kappa shape index (κ3) is 5.91. The highest BCUT2D eigenvalue weighted by Gasteiger charge is 2.42. The first-order valence-corrected chi connectivity index (χ1v) is 5.66. The van der Waals surface area contributed by atoms with Crippen LogP contribution in [-0.2, 0) is 0 Å². The van der Waals surface area contributed by atoms with E-state index in [9.17, 15) is 13.2 Å². The molecule has 2 unspecified atom stereocenters. The summed E-state index contributed by atoms with van der Waals surface area (Å²) in [5.74, 6) is -2.27. The van der Waals surface area contributed by atoms with Gasteiger partial charge in [0.15, 0.2) is 0 Å². The Hall–Kier alpha value is -0.780. The maximum atomic E-state index is 12.6. The normalized spacial score (nSPS) is 16.3. The van der Waals surface area contributed by atoms with Crippen LogP contribution in [0.1, 0.15) is 27.2 Å². The Bertz CT molecular complexity index is 251. The number of hydrogen-bond acceptors (Lipinski definition) is 2. The number of alkyl halides is 3. The Morgan fingerprint density at radius 1 is 1.29 bits per heavy atom. The van der Waals surface area contributed by atoms with E-state index in [0.717, 1.165) is 6.42 Å². The van der Waals surface area contributed by atoms with Crippen LogP contribution in [-0.4, -0.2) is 36.5 Å². The van der Waals surface area contributed by atoms with Gasteiger partial charge in [0.2, 0.25) is 0 Å². The van der Waals surface area contributed by atoms with Crippen molar-refractivity contribution in [2.45, 2.75) is 39.4 Å². The maximum Gasteiger partial charge on any atom is 0.399 e. The lowest BCUT2D eigenvalue weighted by atomic mass is 10.0. The van der Waals surface area contributed by atoms with Gasteiger partial charge in [-0.3, -0.25) is 5.41 Å². The number of amidine groups is 1. The first kappa shape index (κ1) is 16.2. The number of nitrogens with two attached hydrogens (primary N) is 1. The van der Waals surface area contributed by atoms with Gasteiger partial charge in [-0.25, -0.2) is 0 Å². The van der Waals surface area contributed by atoms with E-state index in [4.69, 9.17) is 11.1 Å². The lowest BCUT2D eigenvalue weighted by Crippen LogP contribution is -2.45. The molecule has 17 heavy (non-hydrogen) atoms. The number of nitrogens with one attached hydrogen (secondary N) is 1. The van der Waals surface area contributed by atoms with Crippen molar-refractivity contribution in [3.63, 3.8) is 0 Å². The van der Waals surface area contributed by atoms with E-state index in [0.29, 0.717) is 5.92 Å². The number of nitrogens with zero attached hydrogens (tertiary/aromatic N) is 1. The third-order valence-corrected chi connectivity index (χ3v) is 2.81. The largest absolute Gasteiger partial charge is 0.399 e. The molecule has 2 atom stereocenters. The van der Waals surface area contributed by atoms with Crippen molar-refractivity contribution in [3.05, 3.63) is 0 Å². The molecule has 0 bridgehead atoms. The van der Waals surface area contributed by atoms with Crippen LogP contribution in [0.25, 0.3) is 0 Å². The molecule has 0 fully saturated rings. The highest BCUT2D eigenvalue weighted by atomic mass is 19.4. The number of halogens is 3. The van der Waals surface area contributed by atoms with E-state index in [-0.39, 0.29) is 12.6 Å². The second-order valence-electron chi connectivity index (χ2n) is 4.97. The summed E-state index contributed by atoms with van der Waals surface area (Å²) in [6.07, 6.45) is -3.63. The van der Waals surface area contributed by atoms with Crippen LogP contribution in [0.4, 0.5) is 13.2 Å². The quantitative estimate of drug-likeness (QED) is 0.564. The Kier molecular flexibility index (Phi) is 5.95. The Morgan fingerprint density at radius 3 is 2.06 bits per heavy atom. The first-order valence-electron chi connectivity index (χ1n) is 5.66. The zero-order chi connectivity index (χ0) is 13.8. The van der Waals surface area contributed by atoms with Crippen LogP contribution in [0, 0.1) is 17.2 Å². The van der Waals surface area contributed by atoms with Gasteiger partial charge in [0.25, 0.3) is 0 Å². The minimum absolute atomic E-state index is 0.0409. The van der Waals surface area contributed by atoms with Crippen LogP contribution in [0.2, 0.25) is 0 Å². The van der Waals surface area contributed by atoms with Gasteiger partial charge < -0.3 is 10.6 Å². The van der Waals surface area contributed by atoms with E-state index in [1.165, 1.54) is 0 Å². The van der Waals surface area contributed by atoms with Crippen LogP contribution in [0.5, 0.6) is 0 Å². The predicted octanol–water partition coefficient (Wildman–Crippen LogP) is 2.47. The summed E-state index contributed by atoms with van der Waals surface area (Å²) in [7, 11) is 1.63. The van der Waals surface area contributed by atoms with Gasteiger partial charge in [0.05, 0.1) is 0 Å². The molecule has 0 aliphatic carbocycles. The average Bonchev–Trinajstić information content (AvgIpc) is 2.09.